The molecule has 0 aliphatic rings. The van der Waals surface area contributed by atoms with Crippen molar-refractivity contribution < 1.29 is 0 Å². The summed E-state index contributed by atoms with van der Waals surface area (Å²) >= 11 is 1.81. The van der Waals surface area contributed by atoms with E-state index in [-0.39, 0.29) is 4.75 Å². The molecule has 0 N–H and O–H groups in total. The molecule has 0 aliphatic carbocycles. The van der Waals surface area contributed by atoms with E-state index in [4.69, 9.17) is 0 Å². The van der Waals surface area contributed by atoms with Crippen LogP contribution in [-0.2, 0) is 0 Å². The molecule has 0 unspecified atom stereocenters. The summed E-state index contributed by atoms with van der Waals surface area (Å²) in [7, 11) is 0. The van der Waals surface area contributed by atoms with Gasteiger partial charge in [-0.05, 0) is 20.1 Å². The van der Waals surface area contributed by atoms with E-state index in [2.05, 4.69) is 26.7 Å². The van der Waals surface area contributed by atoms with E-state index in [0.717, 1.165) is 0 Å². The van der Waals surface area contributed by atoms with Crippen LogP contribution in [0.15, 0.2) is 12.7 Å². The standard InChI is InChI=1S/C6H12S/c1-5-6(2,3)7-4/h5H,1H2,2-4H3. The Hall–Kier alpha value is 0.0900. The van der Waals surface area contributed by atoms with E-state index in [1.807, 2.05) is 17.8 Å². The van der Waals surface area contributed by atoms with Crippen LogP contribution >= 0.6 is 11.8 Å². The van der Waals surface area contributed by atoms with Crippen molar-refractivity contribution in [3.63, 3.8) is 0 Å². The molecule has 0 nitrogen and oxygen atoms in total. The molecule has 0 atom stereocenters. The van der Waals surface area contributed by atoms with Crippen LogP contribution in [0.5, 0.6) is 0 Å². The van der Waals surface area contributed by atoms with Crippen molar-refractivity contribution in [1.82, 2.24) is 0 Å². The second-order valence-corrected chi connectivity index (χ2v) is 3.47. The molecule has 0 aliphatic heterocycles. The lowest BCUT2D eigenvalue weighted by Gasteiger charge is -2.14. The van der Waals surface area contributed by atoms with Crippen molar-refractivity contribution in [3.05, 3.63) is 12.7 Å². The summed E-state index contributed by atoms with van der Waals surface area (Å²) in [6.45, 7) is 7.97. The molecule has 42 valence electrons. The van der Waals surface area contributed by atoms with E-state index < -0.39 is 0 Å². The molecule has 0 rings (SSSR count). The molecule has 0 aromatic carbocycles. The Morgan fingerprint density at radius 3 is 2.00 bits per heavy atom. The van der Waals surface area contributed by atoms with Gasteiger partial charge in [0.25, 0.3) is 0 Å². The van der Waals surface area contributed by atoms with Gasteiger partial charge >= 0.3 is 0 Å². The fourth-order valence-corrected chi connectivity index (χ4v) is 0.250. The van der Waals surface area contributed by atoms with E-state index in [0.29, 0.717) is 0 Å². The third-order valence-electron chi connectivity index (χ3n) is 1.02. The average molecular weight is 116 g/mol. The van der Waals surface area contributed by atoms with Crippen LogP contribution in [-0.4, -0.2) is 11.0 Å². The molecule has 0 bridgehead atoms. The number of hydrogen-bond donors (Lipinski definition) is 0. The van der Waals surface area contributed by atoms with Gasteiger partial charge in [0.2, 0.25) is 0 Å². The predicted octanol–water partition coefficient (Wildman–Crippen LogP) is 2.31. The maximum atomic E-state index is 3.68. The van der Waals surface area contributed by atoms with Crippen LogP contribution in [0.4, 0.5) is 0 Å². The minimum Gasteiger partial charge on any atom is -0.155 e. The van der Waals surface area contributed by atoms with Crippen LogP contribution in [0.3, 0.4) is 0 Å². The second-order valence-electron chi connectivity index (χ2n) is 2.01. The Morgan fingerprint density at radius 2 is 2.00 bits per heavy atom. The van der Waals surface area contributed by atoms with Gasteiger partial charge in [0.05, 0.1) is 0 Å². The highest BCUT2D eigenvalue weighted by molar-refractivity contribution is 8.00. The lowest BCUT2D eigenvalue weighted by atomic mass is 10.2. The maximum absolute atomic E-state index is 3.68. The van der Waals surface area contributed by atoms with Gasteiger partial charge in [-0.1, -0.05) is 6.08 Å². The molecule has 0 aromatic heterocycles. The molecular weight excluding hydrogens is 104 g/mol. The Kier molecular flexibility index (Phi) is 2.44. The number of thioether (sulfide) groups is 1. The quantitative estimate of drug-likeness (QED) is 0.499. The van der Waals surface area contributed by atoms with E-state index in [1.54, 1.807) is 0 Å². The minimum atomic E-state index is 0.264. The monoisotopic (exact) mass is 116 g/mol. The van der Waals surface area contributed by atoms with Crippen LogP contribution in [0.25, 0.3) is 0 Å². The summed E-state index contributed by atoms with van der Waals surface area (Å²) < 4.78 is 0.264. The second kappa shape index (κ2) is 2.41. The van der Waals surface area contributed by atoms with Gasteiger partial charge in [-0.15, -0.1) is 6.58 Å². The predicted molar refractivity (Wildman–Crippen MR) is 37.8 cm³/mol. The largest absolute Gasteiger partial charge is 0.155 e. The molecule has 0 saturated carbocycles. The molecule has 7 heavy (non-hydrogen) atoms. The van der Waals surface area contributed by atoms with Crippen molar-refractivity contribution in [2.24, 2.45) is 0 Å². The highest BCUT2D eigenvalue weighted by Crippen LogP contribution is 2.20. The van der Waals surface area contributed by atoms with Gasteiger partial charge in [-0.2, -0.15) is 11.8 Å². The molecule has 0 heterocycles. The van der Waals surface area contributed by atoms with E-state index in [1.165, 1.54) is 0 Å². The van der Waals surface area contributed by atoms with Crippen LogP contribution in [0.1, 0.15) is 13.8 Å². The minimum absolute atomic E-state index is 0.264. The third-order valence-corrected chi connectivity index (χ3v) is 2.24. The van der Waals surface area contributed by atoms with Crippen molar-refractivity contribution >= 4 is 11.8 Å². The summed E-state index contributed by atoms with van der Waals surface area (Å²) in [6, 6.07) is 0. The van der Waals surface area contributed by atoms with Gasteiger partial charge in [0, 0.05) is 4.75 Å². The third kappa shape index (κ3) is 2.75. The molecule has 1 heteroatoms. The van der Waals surface area contributed by atoms with Crippen LogP contribution in [0, 0.1) is 0 Å². The van der Waals surface area contributed by atoms with Crippen molar-refractivity contribution in [2.45, 2.75) is 18.6 Å². The smallest absolute Gasteiger partial charge is 0.0277 e. The summed E-state index contributed by atoms with van der Waals surface area (Å²) in [5.41, 5.74) is 0. The molecule has 0 amide bonds. The fraction of sp³-hybridized carbons (Fsp3) is 0.667. The van der Waals surface area contributed by atoms with Gasteiger partial charge in [0.1, 0.15) is 0 Å². The highest BCUT2D eigenvalue weighted by atomic mass is 32.2. The first-order valence-electron chi connectivity index (χ1n) is 2.31. The summed E-state index contributed by atoms with van der Waals surface area (Å²) in [6.07, 6.45) is 4.04. The van der Waals surface area contributed by atoms with Gasteiger partial charge in [0.15, 0.2) is 0 Å². The number of rotatable bonds is 2. The lowest BCUT2D eigenvalue weighted by molar-refractivity contribution is 0.905. The average Bonchev–Trinajstić information content (AvgIpc) is 1.68. The van der Waals surface area contributed by atoms with Crippen molar-refractivity contribution in [2.75, 3.05) is 6.26 Å². The summed E-state index contributed by atoms with van der Waals surface area (Å²) in [4.78, 5) is 0. The first kappa shape index (κ1) is 7.09. The Morgan fingerprint density at radius 1 is 1.57 bits per heavy atom. The Labute approximate surface area is 50.0 Å². The van der Waals surface area contributed by atoms with Crippen LogP contribution in [0.2, 0.25) is 0 Å². The Bertz CT molecular complexity index is 64.6. The molecular formula is C6H12S. The normalized spacial score (nSPS) is 11.3. The highest BCUT2D eigenvalue weighted by Gasteiger charge is 2.07. The molecule has 0 spiro atoms. The first-order chi connectivity index (χ1) is 3.12. The van der Waals surface area contributed by atoms with Crippen molar-refractivity contribution in [1.29, 1.82) is 0 Å². The molecule has 0 aromatic rings. The van der Waals surface area contributed by atoms with Crippen LogP contribution < -0.4 is 0 Å². The molecule has 0 fully saturated rings. The van der Waals surface area contributed by atoms with E-state index in [9.17, 15) is 0 Å². The van der Waals surface area contributed by atoms with Gasteiger partial charge < -0.3 is 0 Å². The summed E-state index contributed by atoms with van der Waals surface area (Å²) in [5.74, 6) is 0. The zero-order valence-corrected chi connectivity index (χ0v) is 6.01. The maximum Gasteiger partial charge on any atom is 0.0277 e. The zero-order chi connectivity index (χ0) is 5.91. The van der Waals surface area contributed by atoms with Gasteiger partial charge in [-0.3, -0.25) is 0 Å². The number of hydrogen-bond acceptors (Lipinski definition) is 1. The Balaban J connectivity index is 3.58. The molecule has 0 saturated heterocycles. The van der Waals surface area contributed by atoms with E-state index >= 15 is 0 Å². The SMILES string of the molecule is C=CC(C)(C)SC. The zero-order valence-electron chi connectivity index (χ0n) is 5.19. The summed E-state index contributed by atoms with van der Waals surface area (Å²) in [5, 5.41) is 0. The first-order valence-corrected chi connectivity index (χ1v) is 3.53. The fourth-order valence-electron chi connectivity index (χ4n) is 0.0833. The molecule has 0 radical (unpaired) electrons. The lowest BCUT2D eigenvalue weighted by Crippen LogP contribution is -2.07. The topological polar surface area (TPSA) is 0 Å². The van der Waals surface area contributed by atoms with Crippen molar-refractivity contribution in [3.8, 4) is 0 Å². The van der Waals surface area contributed by atoms with Gasteiger partial charge in [-0.25, -0.2) is 0 Å².